The minimum atomic E-state index is -2.32. The Labute approximate surface area is 231 Å². The Kier molecular flexibility index (Phi) is 11.2. The van der Waals surface area contributed by atoms with E-state index in [1.165, 1.54) is 4.90 Å². The predicted octanol–water partition coefficient (Wildman–Crippen LogP) is 2.47. The molecule has 1 amide bonds. The van der Waals surface area contributed by atoms with Gasteiger partial charge in [-0.3, -0.25) is 14.4 Å². The summed E-state index contributed by atoms with van der Waals surface area (Å²) in [6.07, 6.45) is 4.91. The topological polar surface area (TPSA) is 140 Å². The average molecular weight is 552 g/mol. The van der Waals surface area contributed by atoms with Gasteiger partial charge in [0.2, 0.25) is 5.79 Å². The molecule has 220 valence electrons. The minimum absolute atomic E-state index is 0.0424. The molecule has 0 aromatic heterocycles. The average Bonchev–Trinajstić information content (AvgIpc) is 2.92. The number of fused-ring (bicyclic) bond motifs is 3. The van der Waals surface area contributed by atoms with Crippen LogP contribution in [0.3, 0.4) is 0 Å². The number of hydrogen-bond acceptors (Lipinski definition) is 9. The fourth-order valence-corrected chi connectivity index (χ4v) is 5.63. The van der Waals surface area contributed by atoms with Crippen molar-refractivity contribution in [2.75, 3.05) is 20.3 Å². The van der Waals surface area contributed by atoms with Crippen LogP contribution in [0.1, 0.15) is 85.0 Å². The van der Waals surface area contributed by atoms with E-state index in [9.17, 15) is 29.4 Å². The Bertz CT molecular complexity index is 934. The Balaban J connectivity index is 1.86. The Hall–Kier alpha value is -2.14. The predicted molar refractivity (Wildman–Crippen MR) is 141 cm³/mol. The van der Waals surface area contributed by atoms with E-state index in [0.29, 0.717) is 32.1 Å². The Morgan fingerprint density at radius 3 is 2.51 bits per heavy atom. The number of carbonyl (C=O) groups excluding carboxylic acids is 4. The number of carbonyl (C=O) groups is 4. The molecular formula is C29H45NO9. The molecular weight excluding hydrogens is 506 g/mol. The van der Waals surface area contributed by atoms with Crippen molar-refractivity contribution in [3.63, 3.8) is 0 Å². The molecule has 1 unspecified atom stereocenters. The van der Waals surface area contributed by atoms with Gasteiger partial charge in [0.25, 0.3) is 11.7 Å². The molecule has 3 rings (SSSR count). The standard InChI is InChI=1S/C29H45NO9/c1-18-9-5-6-11-24-25(37-4)15-20(3)29(36,39-24)26(33)27(34)30-14-8-7-10-22(30)28(35)38-17-19(2)23(32)16-21(31)13-12-18/h12,19-20,22-25,32,36H,5-11,13-17H2,1-4H3/b18-12+/t19-,20+,22?,23-,24+,25-,29+/m0/s1. The molecule has 3 aliphatic heterocycles. The summed E-state index contributed by atoms with van der Waals surface area (Å²) in [5.74, 6) is -6.33. The van der Waals surface area contributed by atoms with Gasteiger partial charge >= 0.3 is 5.97 Å². The first-order valence-electron chi connectivity index (χ1n) is 14.3. The molecule has 39 heavy (non-hydrogen) atoms. The van der Waals surface area contributed by atoms with Crippen LogP contribution in [0.5, 0.6) is 0 Å². The molecule has 2 fully saturated rings. The van der Waals surface area contributed by atoms with Crippen molar-refractivity contribution in [2.24, 2.45) is 11.8 Å². The Morgan fingerprint density at radius 2 is 1.79 bits per heavy atom. The van der Waals surface area contributed by atoms with Crippen LogP contribution in [0.15, 0.2) is 11.6 Å². The number of methoxy groups -OCH3 is 1. The highest BCUT2D eigenvalue weighted by molar-refractivity contribution is 6.39. The van der Waals surface area contributed by atoms with Crippen molar-refractivity contribution in [1.82, 2.24) is 4.90 Å². The van der Waals surface area contributed by atoms with Crippen LogP contribution in [-0.2, 0) is 33.4 Å². The maximum absolute atomic E-state index is 13.5. The van der Waals surface area contributed by atoms with Gasteiger partial charge in [0.1, 0.15) is 11.8 Å². The van der Waals surface area contributed by atoms with Gasteiger partial charge in [0.05, 0.1) is 24.9 Å². The first-order chi connectivity index (χ1) is 18.5. The number of ketones is 2. The summed E-state index contributed by atoms with van der Waals surface area (Å²) >= 11 is 0. The number of aliphatic hydroxyl groups is 2. The van der Waals surface area contributed by atoms with Crippen LogP contribution in [0.4, 0.5) is 0 Å². The summed E-state index contributed by atoms with van der Waals surface area (Å²) in [4.78, 5) is 53.6. The van der Waals surface area contributed by atoms with Crippen LogP contribution in [0, 0.1) is 11.8 Å². The highest BCUT2D eigenvalue weighted by Crippen LogP contribution is 2.37. The second-order valence-corrected chi connectivity index (χ2v) is 11.5. The van der Waals surface area contributed by atoms with E-state index >= 15 is 0 Å². The third-order valence-corrected chi connectivity index (χ3v) is 8.43. The zero-order valence-corrected chi connectivity index (χ0v) is 23.7. The van der Waals surface area contributed by atoms with Crippen molar-refractivity contribution in [2.45, 2.75) is 115 Å². The molecule has 3 heterocycles. The number of allylic oxidation sites excluding steroid dienone is 2. The summed E-state index contributed by atoms with van der Waals surface area (Å²) in [7, 11) is 1.56. The molecule has 10 heteroatoms. The molecule has 0 aromatic rings. The molecule has 2 N–H and O–H groups in total. The van der Waals surface area contributed by atoms with E-state index in [0.717, 1.165) is 24.8 Å². The summed E-state index contributed by atoms with van der Waals surface area (Å²) in [6, 6.07) is -0.978. The SMILES string of the molecule is CO[C@H]1C[C@@H](C)[C@@]2(O)O[C@@H]1CCCC/C(C)=C/CC(=O)C[C@H](O)[C@@H](C)COC(=O)C1CCCCN1C(=O)C2=O. The van der Waals surface area contributed by atoms with Crippen molar-refractivity contribution >= 4 is 23.4 Å². The summed E-state index contributed by atoms with van der Waals surface area (Å²) in [5, 5.41) is 21.9. The van der Waals surface area contributed by atoms with Gasteiger partial charge in [-0.2, -0.15) is 0 Å². The number of ether oxygens (including phenoxy) is 3. The normalized spacial score (nSPS) is 38.2. The van der Waals surface area contributed by atoms with Gasteiger partial charge in [-0.1, -0.05) is 31.9 Å². The van der Waals surface area contributed by atoms with Gasteiger partial charge in [0.15, 0.2) is 0 Å². The number of Topliss-reactive ketones (excluding diaryl/α,β-unsaturated/α-hetero) is 2. The molecule has 0 radical (unpaired) electrons. The lowest BCUT2D eigenvalue weighted by molar-refractivity contribution is -0.286. The maximum atomic E-state index is 13.5. The smallest absolute Gasteiger partial charge is 0.328 e. The molecule has 0 aromatic carbocycles. The Morgan fingerprint density at radius 1 is 1.08 bits per heavy atom. The highest BCUT2D eigenvalue weighted by atomic mass is 16.7. The van der Waals surface area contributed by atoms with Crippen LogP contribution in [0.2, 0.25) is 0 Å². The largest absolute Gasteiger partial charge is 0.464 e. The van der Waals surface area contributed by atoms with Gasteiger partial charge < -0.3 is 29.3 Å². The molecule has 0 aliphatic carbocycles. The van der Waals surface area contributed by atoms with Crippen molar-refractivity contribution in [3.8, 4) is 0 Å². The van der Waals surface area contributed by atoms with Crippen LogP contribution < -0.4 is 0 Å². The zero-order valence-electron chi connectivity index (χ0n) is 23.7. The van der Waals surface area contributed by atoms with E-state index in [4.69, 9.17) is 14.2 Å². The van der Waals surface area contributed by atoms with Crippen LogP contribution >= 0.6 is 0 Å². The number of hydrogen-bond donors (Lipinski definition) is 2. The summed E-state index contributed by atoms with van der Waals surface area (Å²) in [6.45, 7) is 5.35. The second-order valence-electron chi connectivity index (χ2n) is 11.5. The summed E-state index contributed by atoms with van der Waals surface area (Å²) < 4.78 is 17.0. The van der Waals surface area contributed by atoms with Crippen molar-refractivity contribution in [3.05, 3.63) is 11.6 Å². The number of nitrogens with zero attached hydrogens (tertiary/aromatic N) is 1. The van der Waals surface area contributed by atoms with Gasteiger partial charge in [0, 0.05) is 38.3 Å². The third-order valence-electron chi connectivity index (χ3n) is 8.43. The maximum Gasteiger partial charge on any atom is 0.328 e. The summed E-state index contributed by atoms with van der Waals surface area (Å²) in [5.41, 5.74) is 1.06. The molecule has 0 spiro atoms. The fraction of sp³-hybridized carbons (Fsp3) is 0.793. The van der Waals surface area contributed by atoms with Gasteiger partial charge in [-0.25, -0.2) is 4.79 Å². The molecule has 2 bridgehead atoms. The number of cyclic esters (lactones) is 1. The first kappa shape index (κ1) is 31.4. The van der Waals surface area contributed by atoms with Crippen molar-refractivity contribution < 1.29 is 43.6 Å². The first-order valence-corrected chi connectivity index (χ1v) is 14.3. The fourth-order valence-electron chi connectivity index (χ4n) is 5.63. The molecule has 3 aliphatic rings. The van der Waals surface area contributed by atoms with Crippen LogP contribution in [0.25, 0.3) is 0 Å². The zero-order chi connectivity index (χ0) is 28.7. The lowest BCUT2D eigenvalue weighted by atomic mass is 9.84. The van der Waals surface area contributed by atoms with Crippen molar-refractivity contribution in [1.29, 1.82) is 0 Å². The van der Waals surface area contributed by atoms with E-state index in [-0.39, 0.29) is 37.9 Å². The van der Waals surface area contributed by atoms with Crippen LogP contribution in [-0.4, -0.2) is 89.0 Å². The molecule has 7 atom stereocenters. The molecule has 0 saturated carbocycles. The van der Waals surface area contributed by atoms with E-state index in [1.807, 2.05) is 13.0 Å². The quantitative estimate of drug-likeness (QED) is 0.286. The van der Waals surface area contributed by atoms with E-state index < -0.39 is 53.5 Å². The van der Waals surface area contributed by atoms with E-state index in [1.54, 1.807) is 21.0 Å². The minimum Gasteiger partial charge on any atom is -0.464 e. The lowest BCUT2D eigenvalue weighted by Gasteiger charge is -2.45. The number of piperidine rings is 1. The second kappa shape index (κ2) is 14.0. The number of amides is 1. The monoisotopic (exact) mass is 551 g/mol. The van der Waals surface area contributed by atoms with E-state index in [2.05, 4.69) is 0 Å². The van der Waals surface area contributed by atoms with Gasteiger partial charge in [-0.15, -0.1) is 0 Å². The molecule has 2 saturated heterocycles. The molecule has 10 nitrogen and oxygen atoms in total. The highest BCUT2D eigenvalue weighted by Gasteiger charge is 2.54. The number of aliphatic hydroxyl groups excluding tert-OH is 1. The lowest BCUT2D eigenvalue weighted by Crippen LogP contribution is -2.62. The number of rotatable bonds is 1. The van der Waals surface area contributed by atoms with Gasteiger partial charge in [-0.05, 0) is 51.9 Å². The number of esters is 1. The third kappa shape index (κ3) is 7.74.